The second kappa shape index (κ2) is 13.2. The lowest BCUT2D eigenvalue weighted by molar-refractivity contribution is -0.142. The summed E-state index contributed by atoms with van der Waals surface area (Å²) >= 11 is 0. The number of carbonyl (C=O) groups excluding carboxylic acids is 2. The molecule has 3 aromatic carbocycles. The zero-order valence-corrected chi connectivity index (χ0v) is 22.1. The molecule has 0 heterocycles. The number of hydrogen-bond donors (Lipinski definition) is 1. The molecular formula is C27H29N3O7S. The Morgan fingerprint density at radius 2 is 1.53 bits per heavy atom. The fraction of sp³-hybridized carbons (Fsp3) is 0.222. The molecule has 3 aromatic rings. The summed E-state index contributed by atoms with van der Waals surface area (Å²) in [6, 6.07) is 19.5. The van der Waals surface area contributed by atoms with Crippen LogP contribution in [0.1, 0.15) is 18.1 Å². The molecule has 0 atom stereocenters. The third-order valence-corrected chi connectivity index (χ3v) is 6.99. The highest BCUT2D eigenvalue weighted by atomic mass is 32.2. The Labute approximate surface area is 221 Å². The van der Waals surface area contributed by atoms with E-state index in [1.54, 1.807) is 60.7 Å². The van der Waals surface area contributed by atoms with Crippen molar-refractivity contribution in [3.63, 3.8) is 0 Å². The zero-order chi connectivity index (χ0) is 27.5. The number of esters is 1. The molecule has 0 aromatic heterocycles. The van der Waals surface area contributed by atoms with Crippen LogP contribution in [-0.2, 0) is 24.3 Å². The zero-order valence-electron chi connectivity index (χ0n) is 21.3. The van der Waals surface area contributed by atoms with Crippen molar-refractivity contribution in [2.45, 2.75) is 18.7 Å². The molecule has 0 aliphatic carbocycles. The Bertz CT molecular complexity index is 1360. The van der Waals surface area contributed by atoms with E-state index in [-0.39, 0.29) is 11.5 Å². The number of methoxy groups -OCH3 is 1. The van der Waals surface area contributed by atoms with Gasteiger partial charge in [0.05, 0.1) is 30.5 Å². The number of amides is 1. The van der Waals surface area contributed by atoms with Gasteiger partial charge in [0.1, 0.15) is 18.0 Å². The molecule has 3 rings (SSSR count). The maximum absolute atomic E-state index is 13.5. The highest BCUT2D eigenvalue weighted by Crippen LogP contribution is 2.26. The van der Waals surface area contributed by atoms with Gasteiger partial charge in [0.2, 0.25) is 0 Å². The van der Waals surface area contributed by atoms with Crippen LogP contribution in [0.25, 0.3) is 0 Å². The first-order chi connectivity index (χ1) is 18.2. The standard InChI is InChI=1S/C27H29N3O7S/c1-4-36-23-13-9-22(10-14-23)30(38(33,34)25-15-5-20(2)6-16-25)18-26(31)29-28-17-21-7-11-24(12-8-21)37-19-27(32)35-3/h5-17H,4,18-19H2,1-3H3,(H,29,31)/b28-17+. The molecule has 0 saturated heterocycles. The summed E-state index contributed by atoms with van der Waals surface area (Å²) in [7, 11) is -2.78. The van der Waals surface area contributed by atoms with Crippen LogP contribution >= 0.6 is 0 Å². The first-order valence-electron chi connectivity index (χ1n) is 11.7. The van der Waals surface area contributed by atoms with Crippen molar-refractivity contribution >= 4 is 33.8 Å². The molecule has 0 radical (unpaired) electrons. The van der Waals surface area contributed by atoms with E-state index in [9.17, 15) is 18.0 Å². The van der Waals surface area contributed by atoms with Crippen LogP contribution in [0.2, 0.25) is 0 Å². The summed E-state index contributed by atoms with van der Waals surface area (Å²) in [5.41, 5.74) is 4.22. The third-order valence-electron chi connectivity index (χ3n) is 5.20. The molecule has 0 aliphatic rings. The summed E-state index contributed by atoms with van der Waals surface area (Å²) in [6.07, 6.45) is 1.40. The molecule has 1 amide bonds. The Balaban J connectivity index is 1.72. The Morgan fingerprint density at radius 1 is 0.921 bits per heavy atom. The summed E-state index contributed by atoms with van der Waals surface area (Å²) in [6.45, 7) is 3.46. The Hall–Kier alpha value is -4.38. The molecule has 0 aliphatic heterocycles. The maximum atomic E-state index is 13.5. The van der Waals surface area contributed by atoms with E-state index in [1.807, 2.05) is 13.8 Å². The van der Waals surface area contributed by atoms with Gasteiger partial charge in [-0.3, -0.25) is 9.10 Å². The lowest BCUT2D eigenvalue weighted by atomic mass is 10.2. The molecule has 0 spiro atoms. The van der Waals surface area contributed by atoms with Gasteiger partial charge in [-0.05, 0) is 80.1 Å². The van der Waals surface area contributed by atoms with Gasteiger partial charge in [-0.15, -0.1) is 0 Å². The normalized spacial score (nSPS) is 11.1. The molecule has 38 heavy (non-hydrogen) atoms. The van der Waals surface area contributed by atoms with Crippen LogP contribution in [-0.4, -0.2) is 53.4 Å². The van der Waals surface area contributed by atoms with E-state index < -0.39 is 28.4 Å². The fourth-order valence-electron chi connectivity index (χ4n) is 3.22. The van der Waals surface area contributed by atoms with Gasteiger partial charge >= 0.3 is 5.97 Å². The first-order valence-corrected chi connectivity index (χ1v) is 13.1. The first kappa shape index (κ1) is 28.2. The lowest BCUT2D eigenvalue weighted by Crippen LogP contribution is -2.39. The van der Waals surface area contributed by atoms with Gasteiger partial charge in [-0.1, -0.05) is 17.7 Å². The molecule has 200 valence electrons. The predicted molar refractivity (Wildman–Crippen MR) is 143 cm³/mol. The molecule has 11 heteroatoms. The number of nitrogens with zero attached hydrogens (tertiary/aromatic N) is 2. The van der Waals surface area contributed by atoms with E-state index in [2.05, 4.69) is 15.3 Å². The number of sulfonamides is 1. The Morgan fingerprint density at radius 3 is 2.13 bits per heavy atom. The van der Waals surface area contributed by atoms with Crippen molar-refractivity contribution in [2.75, 3.05) is 31.2 Å². The number of carbonyl (C=O) groups is 2. The SMILES string of the molecule is CCOc1ccc(N(CC(=O)N/N=C/c2ccc(OCC(=O)OC)cc2)S(=O)(=O)c2ccc(C)cc2)cc1. The monoisotopic (exact) mass is 539 g/mol. The van der Waals surface area contributed by atoms with Crippen molar-refractivity contribution < 1.29 is 32.2 Å². The molecular weight excluding hydrogens is 510 g/mol. The van der Waals surface area contributed by atoms with Crippen molar-refractivity contribution in [3.05, 3.63) is 83.9 Å². The van der Waals surface area contributed by atoms with Crippen LogP contribution in [0.15, 0.2) is 82.8 Å². The van der Waals surface area contributed by atoms with Crippen LogP contribution < -0.4 is 19.2 Å². The summed E-state index contributed by atoms with van der Waals surface area (Å²) in [4.78, 5) is 24.0. The smallest absolute Gasteiger partial charge is 0.343 e. The molecule has 10 nitrogen and oxygen atoms in total. The summed E-state index contributed by atoms with van der Waals surface area (Å²) in [5.74, 6) is -0.0885. The largest absolute Gasteiger partial charge is 0.494 e. The van der Waals surface area contributed by atoms with E-state index >= 15 is 0 Å². The van der Waals surface area contributed by atoms with Crippen LogP contribution in [0.3, 0.4) is 0 Å². The van der Waals surface area contributed by atoms with E-state index in [1.165, 1.54) is 25.5 Å². The van der Waals surface area contributed by atoms with Gasteiger partial charge in [-0.2, -0.15) is 5.10 Å². The third kappa shape index (κ3) is 7.81. The number of rotatable bonds is 12. The minimum atomic E-state index is -4.05. The number of aryl methyl sites for hydroxylation is 1. The number of hydrazone groups is 1. The highest BCUT2D eigenvalue weighted by Gasteiger charge is 2.27. The van der Waals surface area contributed by atoms with Crippen molar-refractivity contribution in [1.82, 2.24) is 5.43 Å². The number of hydrogen-bond acceptors (Lipinski definition) is 8. The van der Waals surface area contributed by atoms with E-state index in [0.29, 0.717) is 29.4 Å². The number of ether oxygens (including phenoxy) is 3. The van der Waals surface area contributed by atoms with E-state index in [4.69, 9.17) is 9.47 Å². The second-order valence-electron chi connectivity index (χ2n) is 7.98. The van der Waals surface area contributed by atoms with E-state index in [0.717, 1.165) is 9.87 Å². The average Bonchev–Trinajstić information content (AvgIpc) is 2.92. The van der Waals surface area contributed by atoms with Crippen molar-refractivity contribution in [1.29, 1.82) is 0 Å². The van der Waals surface area contributed by atoms with Crippen LogP contribution in [0, 0.1) is 6.92 Å². The molecule has 0 unspecified atom stereocenters. The average molecular weight is 540 g/mol. The lowest BCUT2D eigenvalue weighted by Gasteiger charge is -2.24. The van der Waals surface area contributed by atoms with Gasteiger partial charge in [0.15, 0.2) is 6.61 Å². The number of anilines is 1. The van der Waals surface area contributed by atoms with Crippen molar-refractivity contribution in [2.24, 2.45) is 5.10 Å². The molecule has 0 saturated carbocycles. The quantitative estimate of drug-likeness (QED) is 0.213. The fourth-order valence-corrected chi connectivity index (χ4v) is 4.64. The molecule has 1 N–H and O–H groups in total. The highest BCUT2D eigenvalue weighted by molar-refractivity contribution is 7.92. The second-order valence-corrected chi connectivity index (χ2v) is 9.84. The van der Waals surface area contributed by atoms with Crippen LogP contribution in [0.5, 0.6) is 11.5 Å². The van der Waals surface area contributed by atoms with Crippen LogP contribution in [0.4, 0.5) is 5.69 Å². The van der Waals surface area contributed by atoms with Crippen molar-refractivity contribution in [3.8, 4) is 11.5 Å². The van der Waals surface area contributed by atoms with Gasteiger partial charge in [0.25, 0.3) is 15.9 Å². The van der Waals surface area contributed by atoms with Gasteiger partial charge < -0.3 is 14.2 Å². The molecule has 0 bridgehead atoms. The Kier molecular flexibility index (Phi) is 9.83. The minimum Gasteiger partial charge on any atom is -0.494 e. The minimum absolute atomic E-state index is 0.0581. The summed E-state index contributed by atoms with van der Waals surface area (Å²) in [5, 5.41) is 3.93. The number of benzene rings is 3. The molecule has 0 fully saturated rings. The van der Waals surface area contributed by atoms with Gasteiger partial charge in [0, 0.05) is 0 Å². The maximum Gasteiger partial charge on any atom is 0.343 e. The predicted octanol–water partition coefficient (Wildman–Crippen LogP) is 3.29. The number of nitrogens with one attached hydrogen (secondary N) is 1. The summed E-state index contributed by atoms with van der Waals surface area (Å²) < 4.78 is 43.2. The topological polar surface area (TPSA) is 124 Å². The van der Waals surface area contributed by atoms with Gasteiger partial charge in [-0.25, -0.2) is 18.6 Å².